The van der Waals surface area contributed by atoms with Crippen LogP contribution in [0.15, 0.2) is 83.4 Å². The van der Waals surface area contributed by atoms with E-state index < -0.39 is 5.92 Å². The first-order valence-corrected chi connectivity index (χ1v) is 10.7. The number of amides is 2. The van der Waals surface area contributed by atoms with Gasteiger partial charge in [0.2, 0.25) is 17.6 Å². The molecule has 2 heterocycles. The van der Waals surface area contributed by atoms with Crippen LogP contribution in [0, 0.1) is 12.8 Å². The Labute approximate surface area is 191 Å². The normalized spacial score (nSPS) is 15.6. The number of hydrogen-bond acceptors (Lipinski definition) is 5. The summed E-state index contributed by atoms with van der Waals surface area (Å²) in [6.07, 6.45) is 0.197. The number of para-hydroxylation sites is 1. The quantitative estimate of drug-likeness (QED) is 0.488. The first kappa shape index (κ1) is 20.6. The molecule has 0 spiro atoms. The van der Waals surface area contributed by atoms with Crippen molar-refractivity contribution in [2.24, 2.45) is 5.92 Å². The van der Waals surface area contributed by atoms with Crippen LogP contribution in [0.25, 0.3) is 22.8 Å². The van der Waals surface area contributed by atoms with E-state index in [0.717, 1.165) is 22.4 Å². The van der Waals surface area contributed by atoms with Gasteiger partial charge in [0, 0.05) is 35.5 Å². The summed E-state index contributed by atoms with van der Waals surface area (Å²) in [4.78, 5) is 31.3. The zero-order chi connectivity index (χ0) is 22.8. The van der Waals surface area contributed by atoms with E-state index in [1.807, 2.05) is 73.7 Å². The van der Waals surface area contributed by atoms with Crippen molar-refractivity contribution in [1.82, 2.24) is 10.1 Å². The monoisotopic (exact) mass is 438 g/mol. The Kier molecular flexibility index (Phi) is 5.44. The number of hydrogen-bond donors (Lipinski definition) is 1. The van der Waals surface area contributed by atoms with E-state index in [1.165, 1.54) is 0 Å². The van der Waals surface area contributed by atoms with Gasteiger partial charge in [-0.25, -0.2) is 0 Å². The average molecular weight is 438 g/mol. The minimum atomic E-state index is -0.398. The summed E-state index contributed by atoms with van der Waals surface area (Å²) >= 11 is 0. The van der Waals surface area contributed by atoms with Gasteiger partial charge in [-0.3, -0.25) is 9.59 Å². The fraction of sp³-hybridized carbons (Fsp3) is 0.154. The number of carbonyl (C=O) groups is 2. The molecule has 1 saturated heterocycles. The second-order valence-corrected chi connectivity index (χ2v) is 8.10. The lowest BCUT2D eigenvalue weighted by Crippen LogP contribution is -2.28. The van der Waals surface area contributed by atoms with Crippen LogP contribution in [-0.4, -0.2) is 28.5 Å². The van der Waals surface area contributed by atoms with Crippen LogP contribution < -0.4 is 10.2 Å². The van der Waals surface area contributed by atoms with Gasteiger partial charge < -0.3 is 14.7 Å². The van der Waals surface area contributed by atoms with Gasteiger partial charge in [-0.1, -0.05) is 53.2 Å². The molecule has 164 valence electrons. The Morgan fingerprint density at radius 3 is 2.39 bits per heavy atom. The number of carbonyl (C=O) groups excluding carboxylic acids is 2. The summed E-state index contributed by atoms with van der Waals surface area (Å²) < 4.78 is 5.41. The van der Waals surface area contributed by atoms with Crippen LogP contribution in [0.3, 0.4) is 0 Å². The molecule has 0 aliphatic carbocycles. The predicted molar refractivity (Wildman–Crippen MR) is 125 cm³/mol. The maximum Gasteiger partial charge on any atom is 0.258 e. The van der Waals surface area contributed by atoms with Crippen molar-refractivity contribution in [2.45, 2.75) is 13.3 Å². The molecular formula is C26H22N4O3. The molecule has 1 aliphatic heterocycles. The second-order valence-electron chi connectivity index (χ2n) is 8.10. The molecule has 1 N–H and O–H groups in total. The van der Waals surface area contributed by atoms with E-state index in [4.69, 9.17) is 4.52 Å². The van der Waals surface area contributed by atoms with E-state index in [9.17, 15) is 9.59 Å². The van der Waals surface area contributed by atoms with E-state index in [0.29, 0.717) is 23.9 Å². The molecule has 0 bridgehead atoms. The molecule has 3 aromatic carbocycles. The lowest BCUT2D eigenvalue weighted by Gasteiger charge is -2.16. The van der Waals surface area contributed by atoms with Gasteiger partial charge in [0.05, 0.1) is 5.92 Å². The molecule has 1 atom stereocenters. The Bertz CT molecular complexity index is 1280. The van der Waals surface area contributed by atoms with Crippen molar-refractivity contribution in [3.05, 3.63) is 84.4 Å². The Hall–Kier alpha value is -4.26. The Morgan fingerprint density at radius 2 is 1.67 bits per heavy atom. The minimum absolute atomic E-state index is 0.0440. The second kappa shape index (κ2) is 8.70. The topological polar surface area (TPSA) is 88.3 Å². The van der Waals surface area contributed by atoms with Gasteiger partial charge in [-0.05, 0) is 43.3 Å². The van der Waals surface area contributed by atoms with Crippen molar-refractivity contribution in [3.8, 4) is 22.8 Å². The van der Waals surface area contributed by atoms with Crippen molar-refractivity contribution >= 4 is 23.2 Å². The summed E-state index contributed by atoms with van der Waals surface area (Å²) in [7, 11) is 0. The highest BCUT2D eigenvalue weighted by Gasteiger charge is 2.35. The summed E-state index contributed by atoms with van der Waals surface area (Å²) in [6, 6.07) is 24.5. The van der Waals surface area contributed by atoms with Crippen LogP contribution in [0.4, 0.5) is 11.4 Å². The third-order valence-corrected chi connectivity index (χ3v) is 5.70. The molecule has 7 heteroatoms. The molecule has 0 saturated carbocycles. The van der Waals surface area contributed by atoms with E-state index >= 15 is 0 Å². The number of aromatic nitrogens is 2. The molecule has 1 aromatic heterocycles. The zero-order valence-electron chi connectivity index (χ0n) is 18.1. The summed E-state index contributed by atoms with van der Waals surface area (Å²) in [6.45, 7) is 2.40. The molecule has 7 nitrogen and oxygen atoms in total. The zero-order valence-corrected chi connectivity index (χ0v) is 18.1. The highest BCUT2D eigenvalue weighted by Crippen LogP contribution is 2.27. The smallest absolute Gasteiger partial charge is 0.258 e. The van der Waals surface area contributed by atoms with E-state index in [1.54, 1.807) is 17.0 Å². The summed E-state index contributed by atoms with van der Waals surface area (Å²) in [5.41, 5.74) is 4.26. The van der Waals surface area contributed by atoms with Crippen LogP contribution in [0.2, 0.25) is 0 Å². The molecule has 1 aliphatic rings. The largest absolute Gasteiger partial charge is 0.334 e. The average Bonchev–Trinajstić information content (AvgIpc) is 3.48. The van der Waals surface area contributed by atoms with Gasteiger partial charge >= 0.3 is 0 Å². The number of nitrogens with zero attached hydrogens (tertiary/aromatic N) is 3. The van der Waals surface area contributed by atoms with Crippen molar-refractivity contribution < 1.29 is 14.1 Å². The summed E-state index contributed by atoms with van der Waals surface area (Å²) in [5, 5.41) is 6.97. The molecule has 0 radical (unpaired) electrons. The third-order valence-electron chi connectivity index (χ3n) is 5.70. The Morgan fingerprint density at radius 1 is 0.970 bits per heavy atom. The number of rotatable bonds is 5. The standard InChI is InChI=1S/C26H22N4O3/c1-17-7-9-18(10-8-17)24-28-26(33-29-24)19-11-13-21(14-12-19)27-25(32)20-15-23(31)30(16-20)22-5-3-2-4-6-22/h2-14,20H,15-16H2,1H3,(H,27,32)/t20-/m1/s1. The van der Waals surface area contributed by atoms with Gasteiger partial charge in [0.1, 0.15) is 0 Å². The van der Waals surface area contributed by atoms with Crippen LogP contribution in [0.5, 0.6) is 0 Å². The van der Waals surface area contributed by atoms with Gasteiger partial charge in [0.25, 0.3) is 5.89 Å². The maximum atomic E-state index is 12.7. The number of benzene rings is 3. The molecule has 33 heavy (non-hydrogen) atoms. The lowest BCUT2D eigenvalue weighted by molar-refractivity contribution is -0.122. The van der Waals surface area contributed by atoms with E-state index in [2.05, 4.69) is 15.5 Å². The molecule has 4 aromatic rings. The molecule has 0 unspecified atom stereocenters. The van der Waals surface area contributed by atoms with Crippen LogP contribution in [0.1, 0.15) is 12.0 Å². The van der Waals surface area contributed by atoms with Crippen molar-refractivity contribution in [3.63, 3.8) is 0 Å². The number of anilines is 2. The predicted octanol–water partition coefficient (Wildman–Crippen LogP) is 4.70. The Balaban J connectivity index is 1.24. The van der Waals surface area contributed by atoms with Gasteiger partial charge in [-0.2, -0.15) is 4.98 Å². The number of nitrogens with one attached hydrogen (secondary N) is 1. The van der Waals surface area contributed by atoms with E-state index in [-0.39, 0.29) is 18.2 Å². The van der Waals surface area contributed by atoms with Gasteiger partial charge in [0.15, 0.2) is 0 Å². The fourth-order valence-electron chi connectivity index (χ4n) is 3.84. The van der Waals surface area contributed by atoms with Crippen LogP contribution in [-0.2, 0) is 9.59 Å². The minimum Gasteiger partial charge on any atom is -0.334 e. The lowest BCUT2D eigenvalue weighted by atomic mass is 10.1. The van der Waals surface area contributed by atoms with Crippen molar-refractivity contribution in [2.75, 3.05) is 16.8 Å². The first-order chi connectivity index (χ1) is 16.1. The highest BCUT2D eigenvalue weighted by atomic mass is 16.5. The SMILES string of the molecule is Cc1ccc(-c2noc(-c3ccc(NC(=O)[C@@H]4CC(=O)N(c5ccccc5)C4)cc3)n2)cc1. The van der Waals surface area contributed by atoms with Gasteiger partial charge in [-0.15, -0.1) is 0 Å². The van der Waals surface area contributed by atoms with Crippen molar-refractivity contribution in [1.29, 1.82) is 0 Å². The molecular weight excluding hydrogens is 416 g/mol. The molecule has 1 fully saturated rings. The molecule has 5 rings (SSSR count). The maximum absolute atomic E-state index is 12.7. The highest BCUT2D eigenvalue weighted by molar-refractivity contribution is 6.03. The fourth-order valence-corrected chi connectivity index (χ4v) is 3.84. The summed E-state index contributed by atoms with van der Waals surface area (Å²) in [5.74, 6) is 0.316. The first-order valence-electron chi connectivity index (χ1n) is 10.7. The number of aryl methyl sites for hydroxylation is 1. The van der Waals surface area contributed by atoms with Crippen LogP contribution >= 0.6 is 0 Å². The molecule has 2 amide bonds. The third kappa shape index (κ3) is 4.39.